The third-order valence-electron chi connectivity index (χ3n) is 10.9. The zero-order valence-electron chi connectivity index (χ0n) is 29.8. The summed E-state index contributed by atoms with van der Waals surface area (Å²) in [6.07, 6.45) is 0. The van der Waals surface area contributed by atoms with Crippen LogP contribution < -0.4 is 4.90 Å². The molecule has 0 N–H and O–H groups in total. The molecule has 3 heteroatoms. The van der Waals surface area contributed by atoms with Gasteiger partial charge in [-0.05, 0) is 99.3 Å². The first kappa shape index (κ1) is 31.2. The van der Waals surface area contributed by atoms with Gasteiger partial charge in [0.05, 0.1) is 5.69 Å². The van der Waals surface area contributed by atoms with Gasteiger partial charge in [0.25, 0.3) is 0 Å². The maximum Gasteiger partial charge on any atom is 0.137 e. The van der Waals surface area contributed by atoms with E-state index in [9.17, 15) is 0 Å². The molecule has 11 aromatic rings. The number of nitrogens with zero attached hydrogens (tertiary/aromatic N) is 1. The molecule has 0 aliphatic rings. The van der Waals surface area contributed by atoms with E-state index in [2.05, 4.69) is 181 Å². The van der Waals surface area contributed by atoms with Crippen LogP contribution >= 0.6 is 0 Å². The van der Waals surface area contributed by atoms with Gasteiger partial charge in [-0.2, -0.15) is 0 Å². The van der Waals surface area contributed by atoms with Crippen molar-refractivity contribution in [1.29, 1.82) is 0 Å². The molecule has 258 valence electrons. The fourth-order valence-electron chi connectivity index (χ4n) is 8.23. The van der Waals surface area contributed by atoms with Crippen molar-refractivity contribution in [2.24, 2.45) is 0 Å². The Morgan fingerprint density at radius 3 is 1.76 bits per heavy atom. The van der Waals surface area contributed by atoms with E-state index in [4.69, 9.17) is 8.83 Å². The number of benzene rings is 9. The normalized spacial score (nSPS) is 11.6. The molecule has 0 amide bonds. The molecule has 0 spiro atoms. The molecule has 0 atom stereocenters. The molecule has 0 unspecified atom stereocenters. The summed E-state index contributed by atoms with van der Waals surface area (Å²) in [5.74, 6) is 0. The smallest absolute Gasteiger partial charge is 0.137 e. The zero-order chi connectivity index (χ0) is 36.3. The van der Waals surface area contributed by atoms with Crippen molar-refractivity contribution in [2.45, 2.75) is 0 Å². The predicted molar refractivity (Wildman–Crippen MR) is 229 cm³/mol. The van der Waals surface area contributed by atoms with Crippen molar-refractivity contribution >= 4 is 71.7 Å². The maximum atomic E-state index is 6.43. The monoisotopic (exact) mass is 703 g/mol. The van der Waals surface area contributed by atoms with Crippen molar-refractivity contribution in [3.63, 3.8) is 0 Å². The highest BCUT2D eigenvalue weighted by atomic mass is 16.3. The molecule has 55 heavy (non-hydrogen) atoms. The lowest BCUT2D eigenvalue weighted by Gasteiger charge is -2.28. The van der Waals surface area contributed by atoms with E-state index >= 15 is 0 Å². The van der Waals surface area contributed by atoms with Gasteiger partial charge in [0.2, 0.25) is 0 Å². The topological polar surface area (TPSA) is 29.5 Å². The number of para-hydroxylation sites is 3. The number of furan rings is 2. The quantitative estimate of drug-likeness (QED) is 0.173. The second-order valence-corrected chi connectivity index (χ2v) is 14.1. The van der Waals surface area contributed by atoms with Gasteiger partial charge >= 0.3 is 0 Å². The molecule has 0 bridgehead atoms. The maximum absolute atomic E-state index is 6.43. The van der Waals surface area contributed by atoms with Crippen LogP contribution in [-0.2, 0) is 0 Å². The standard InChI is InChI=1S/C52H33NO2/c1-2-12-36-32-39(24-23-34(36)11-1)38-14-9-13-37(31-38)35-25-27-40(28-26-35)53(41-29-30-44-43-16-4-7-20-48(43)55-51(44)33-41)47-19-6-3-15-42(47)45-18-10-22-50-52(45)46-17-5-8-21-49(46)54-50/h1-33H. The summed E-state index contributed by atoms with van der Waals surface area (Å²) < 4.78 is 12.8. The Balaban J connectivity index is 1.06. The molecule has 2 heterocycles. The Bertz CT molecular complexity index is 3220. The molecule has 11 rings (SSSR count). The number of rotatable bonds is 6. The van der Waals surface area contributed by atoms with Crippen molar-refractivity contribution in [3.8, 4) is 33.4 Å². The molecule has 0 saturated carbocycles. The molecule has 0 saturated heterocycles. The van der Waals surface area contributed by atoms with Gasteiger partial charge in [0, 0.05) is 44.5 Å². The Hall–Kier alpha value is -7.36. The lowest BCUT2D eigenvalue weighted by Crippen LogP contribution is -2.11. The summed E-state index contributed by atoms with van der Waals surface area (Å²) in [6, 6.07) is 71.0. The SMILES string of the molecule is c1cc(-c2ccc(N(c3ccc4c(c3)oc3ccccc34)c3ccccc3-c3cccc4oc5ccccc5c34)cc2)cc(-c2ccc3ccccc3c2)c1. The number of fused-ring (bicyclic) bond motifs is 7. The predicted octanol–water partition coefficient (Wildman–Crippen LogP) is 15.1. The van der Waals surface area contributed by atoms with E-state index in [1.54, 1.807) is 0 Å². The third kappa shape index (κ3) is 5.28. The summed E-state index contributed by atoms with van der Waals surface area (Å²) in [4.78, 5) is 2.35. The van der Waals surface area contributed by atoms with Gasteiger partial charge in [0.15, 0.2) is 0 Å². The second kappa shape index (κ2) is 12.6. The minimum Gasteiger partial charge on any atom is -0.456 e. The Morgan fingerprint density at radius 2 is 0.891 bits per heavy atom. The summed E-state index contributed by atoms with van der Waals surface area (Å²) >= 11 is 0. The highest BCUT2D eigenvalue weighted by Gasteiger charge is 2.21. The Morgan fingerprint density at radius 1 is 0.309 bits per heavy atom. The van der Waals surface area contributed by atoms with Gasteiger partial charge in [-0.25, -0.2) is 0 Å². The largest absolute Gasteiger partial charge is 0.456 e. The van der Waals surface area contributed by atoms with Crippen LogP contribution in [0.1, 0.15) is 0 Å². The van der Waals surface area contributed by atoms with Crippen LogP contribution in [0.3, 0.4) is 0 Å². The fraction of sp³-hybridized carbons (Fsp3) is 0. The van der Waals surface area contributed by atoms with Crippen molar-refractivity contribution in [3.05, 3.63) is 200 Å². The molecule has 0 fully saturated rings. The van der Waals surface area contributed by atoms with Crippen LogP contribution in [0.4, 0.5) is 17.1 Å². The van der Waals surface area contributed by atoms with E-state index in [1.807, 2.05) is 24.3 Å². The molecule has 0 radical (unpaired) electrons. The second-order valence-electron chi connectivity index (χ2n) is 14.1. The Labute approximate surface area is 317 Å². The first-order valence-corrected chi connectivity index (χ1v) is 18.7. The molecule has 2 aromatic heterocycles. The fourth-order valence-corrected chi connectivity index (χ4v) is 8.23. The number of hydrogen-bond acceptors (Lipinski definition) is 3. The summed E-state index contributed by atoms with van der Waals surface area (Å²) in [6.45, 7) is 0. The van der Waals surface area contributed by atoms with Crippen LogP contribution in [0.5, 0.6) is 0 Å². The highest BCUT2D eigenvalue weighted by molar-refractivity contribution is 6.14. The van der Waals surface area contributed by atoms with Crippen molar-refractivity contribution < 1.29 is 8.83 Å². The van der Waals surface area contributed by atoms with Gasteiger partial charge in [-0.1, -0.05) is 133 Å². The van der Waals surface area contributed by atoms with E-state index < -0.39 is 0 Å². The van der Waals surface area contributed by atoms with Crippen LogP contribution in [-0.4, -0.2) is 0 Å². The summed E-state index contributed by atoms with van der Waals surface area (Å²) in [5.41, 5.74) is 13.6. The average molecular weight is 704 g/mol. The summed E-state index contributed by atoms with van der Waals surface area (Å²) in [5, 5.41) is 6.92. The van der Waals surface area contributed by atoms with Gasteiger partial charge in [-0.3, -0.25) is 0 Å². The van der Waals surface area contributed by atoms with E-state index in [0.717, 1.165) is 77.6 Å². The molecule has 0 aliphatic heterocycles. The first-order valence-electron chi connectivity index (χ1n) is 18.7. The van der Waals surface area contributed by atoms with E-state index in [1.165, 1.54) is 27.5 Å². The molecule has 9 aromatic carbocycles. The minimum absolute atomic E-state index is 0.853. The van der Waals surface area contributed by atoms with Gasteiger partial charge < -0.3 is 13.7 Å². The lowest BCUT2D eigenvalue weighted by atomic mass is 9.96. The first-order chi connectivity index (χ1) is 27.2. The van der Waals surface area contributed by atoms with Crippen LogP contribution in [0.2, 0.25) is 0 Å². The van der Waals surface area contributed by atoms with E-state index in [-0.39, 0.29) is 0 Å². The lowest BCUT2D eigenvalue weighted by molar-refractivity contribution is 0.668. The van der Waals surface area contributed by atoms with Crippen LogP contribution in [0.25, 0.3) is 88.0 Å². The molecular weight excluding hydrogens is 671 g/mol. The summed E-state index contributed by atoms with van der Waals surface area (Å²) in [7, 11) is 0. The zero-order valence-corrected chi connectivity index (χ0v) is 29.8. The number of hydrogen-bond donors (Lipinski definition) is 0. The molecule has 3 nitrogen and oxygen atoms in total. The Kier molecular flexibility index (Phi) is 7.17. The van der Waals surface area contributed by atoms with Gasteiger partial charge in [0.1, 0.15) is 22.3 Å². The van der Waals surface area contributed by atoms with E-state index in [0.29, 0.717) is 0 Å². The number of anilines is 3. The third-order valence-corrected chi connectivity index (χ3v) is 10.9. The minimum atomic E-state index is 0.853. The van der Waals surface area contributed by atoms with Crippen molar-refractivity contribution in [2.75, 3.05) is 4.90 Å². The van der Waals surface area contributed by atoms with Crippen LogP contribution in [0, 0.1) is 0 Å². The van der Waals surface area contributed by atoms with Crippen LogP contribution in [0.15, 0.2) is 209 Å². The van der Waals surface area contributed by atoms with Gasteiger partial charge in [-0.15, -0.1) is 0 Å². The molecular formula is C52H33NO2. The molecule has 0 aliphatic carbocycles. The highest BCUT2D eigenvalue weighted by Crippen LogP contribution is 2.46. The average Bonchev–Trinajstić information content (AvgIpc) is 3.82. The van der Waals surface area contributed by atoms with Crippen molar-refractivity contribution in [1.82, 2.24) is 0 Å².